The van der Waals surface area contributed by atoms with Crippen LogP contribution in [0.1, 0.15) is 66.2 Å². The fourth-order valence-corrected chi connectivity index (χ4v) is 5.40. The minimum atomic E-state index is -1.12. The molecule has 0 atom stereocenters. The van der Waals surface area contributed by atoms with E-state index in [1.807, 2.05) is 24.3 Å². The summed E-state index contributed by atoms with van der Waals surface area (Å²) in [5.74, 6) is -0.255. The van der Waals surface area contributed by atoms with Gasteiger partial charge in [0.25, 0.3) is 0 Å². The minimum Gasteiger partial charge on any atom is -0.870 e. The monoisotopic (exact) mass is 682 g/mol. The third-order valence-corrected chi connectivity index (χ3v) is 7.87. The summed E-state index contributed by atoms with van der Waals surface area (Å²) in [7, 11) is 1.31. The molecule has 0 amide bonds. The maximum atomic E-state index is 11.7. The summed E-state index contributed by atoms with van der Waals surface area (Å²) in [4.78, 5) is 39.1. The van der Waals surface area contributed by atoms with E-state index in [2.05, 4.69) is 49.2 Å². The van der Waals surface area contributed by atoms with Gasteiger partial charge in [-0.05, 0) is 62.1 Å². The van der Waals surface area contributed by atoms with Gasteiger partial charge >= 0.3 is 30.8 Å². The van der Waals surface area contributed by atoms with Crippen molar-refractivity contribution in [3.8, 4) is 22.8 Å². The van der Waals surface area contributed by atoms with Gasteiger partial charge in [0.1, 0.15) is 11.6 Å². The molecule has 0 bridgehead atoms. The molecule has 0 saturated heterocycles. The van der Waals surface area contributed by atoms with Crippen LogP contribution in [0.3, 0.4) is 0 Å². The Labute approximate surface area is 303 Å². The van der Waals surface area contributed by atoms with Gasteiger partial charge in [0, 0.05) is 23.2 Å². The van der Waals surface area contributed by atoms with Crippen LogP contribution in [-0.2, 0) is 4.74 Å². The first kappa shape index (κ1) is 39.4. The van der Waals surface area contributed by atoms with Gasteiger partial charge in [0.2, 0.25) is 0 Å². The molecular formula is C34H31LiN10O6. The van der Waals surface area contributed by atoms with E-state index in [1.54, 1.807) is 24.4 Å². The number of carboxylic acid groups (broad SMARTS) is 1. The average Bonchev–Trinajstić information content (AvgIpc) is 4.06. The van der Waals surface area contributed by atoms with E-state index in [0.29, 0.717) is 40.4 Å². The van der Waals surface area contributed by atoms with Crippen molar-refractivity contribution >= 4 is 45.4 Å². The number of ether oxygens (including phenoxy) is 1. The average molecular weight is 683 g/mol. The summed E-state index contributed by atoms with van der Waals surface area (Å²) in [6.45, 7) is 14.4. The van der Waals surface area contributed by atoms with Gasteiger partial charge in [-0.25, -0.2) is 29.2 Å². The zero-order valence-corrected chi connectivity index (χ0v) is 26.8. The van der Waals surface area contributed by atoms with E-state index in [-0.39, 0.29) is 48.6 Å². The van der Waals surface area contributed by atoms with E-state index in [1.165, 1.54) is 19.4 Å². The fraction of sp³-hybridized carbons (Fsp3) is 0.235. The molecule has 51 heavy (non-hydrogen) atoms. The minimum absolute atomic E-state index is 0. The summed E-state index contributed by atoms with van der Waals surface area (Å²) >= 11 is 0. The second kappa shape index (κ2) is 16.1. The number of rotatable bonds is 6. The van der Waals surface area contributed by atoms with Gasteiger partial charge in [0.05, 0.1) is 54.7 Å². The molecule has 2 aromatic carbocycles. The second-order valence-corrected chi connectivity index (χ2v) is 11.1. The van der Waals surface area contributed by atoms with Crippen LogP contribution in [0.15, 0.2) is 60.9 Å². The van der Waals surface area contributed by atoms with Crippen molar-refractivity contribution in [1.29, 1.82) is 0 Å². The first-order valence-corrected chi connectivity index (χ1v) is 14.6. The number of esters is 1. The molecule has 0 aliphatic heterocycles. The molecular weight excluding hydrogens is 651 g/mol. The molecule has 8 rings (SSSR count). The predicted octanol–water partition coefficient (Wildman–Crippen LogP) is 2.88. The van der Waals surface area contributed by atoms with Gasteiger partial charge in [0.15, 0.2) is 22.8 Å². The Morgan fingerprint density at radius 1 is 0.784 bits per heavy atom. The molecule has 254 valence electrons. The van der Waals surface area contributed by atoms with Crippen LogP contribution in [0.2, 0.25) is 0 Å². The Balaban J connectivity index is 0.000000256. The maximum absolute atomic E-state index is 11.7. The molecule has 2 aliphatic rings. The summed E-state index contributed by atoms with van der Waals surface area (Å²) in [6, 6.07) is 14.6. The third kappa shape index (κ3) is 7.75. The van der Waals surface area contributed by atoms with Gasteiger partial charge in [-0.15, -0.1) is 10.2 Å². The Morgan fingerprint density at radius 3 is 1.61 bits per heavy atom. The van der Waals surface area contributed by atoms with Gasteiger partial charge in [-0.3, -0.25) is 0 Å². The Kier molecular flexibility index (Phi) is 12.5. The Bertz CT molecular complexity index is 2320. The molecule has 2 fully saturated rings. The SMILES string of the molecule is C.O.[C-]#[N+]c1ccc2nc(-c3cnnc(C(=O)O)c3)n(C3CC3)c2c1.[C-]#[N+]c1ccc2nc(-c3cnnc(C(=O)OC)c3)n(C3CC3)c2c1.[Li+].[OH-]. The number of hydrogen-bond donors (Lipinski definition) is 1. The smallest absolute Gasteiger partial charge is 0.870 e. The molecule has 0 unspecified atom stereocenters. The first-order chi connectivity index (χ1) is 22.9. The van der Waals surface area contributed by atoms with Crippen LogP contribution in [0.5, 0.6) is 0 Å². The van der Waals surface area contributed by atoms with Crippen LogP contribution in [0.25, 0.3) is 54.5 Å². The van der Waals surface area contributed by atoms with Gasteiger partial charge < -0.3 is 29.9 Å². The normalized spacial score (nSPS) is 12.7. The molecule has 2 saturated carbocycles. The van der Waals surface area contributed by atoms with Crippen LogP contribution in [-0.4, -0.2) is 74.6 Å². The predicted molar refractivity (Wildman–Crippen MR) is 181 cm³/mol. The van der Waals surface area contributed by atoms with E-state index in [9.17, 15) is 9.59 Å². The quantitative estimate of drug-likeness (QED) is 0.153. The largest absolute Gasteiger partial charge is 1.00 e. The van der Waals surface area contributed by atoms with E-state index in [0.717, 1.165) is 53.6 Å². The number of nitrogens with zero attached hydrogens (tertiary/aromatic N) is 10. The molecule has 0 radical (unpaired) electrons. The number of carboxylic acids is 1. The summed E-state index contributed by atoms with van der Waals surface area (Å²) in [5.41, 5.74) is 5.92. The number of imidazole rings is 2. The van der Waals surface area contributed by atoms with Crippen LogP contribution < -0.4 is 18.9 Å². The van der Waals surface area contributed by atoms with Gasteiger partial charge in [-0.2, -0.15) is 10.2 Å². The summed E-state index contributed by atoms with van der Waals surface area (Å²) in [5, 5.41) is 24.2. The number of benzene rings is 2. The molecule has 2 aliphatic carbocycles. The van der Waals surface area contributed by atoms with Crippen molar-refractivity contribution in [3.63, 3.8) is 0 Å². The molecule has 6 aromatic rings. The molecule has 16 nitrogen and oxygen atoms in total. The fourth-order valence-electron chi connectivity index (χ4n) is 5.40. The number of fused-ring (bicyclic) bond motifs is 2. The number of hydrogen-bond acceptors (Lipinski definition) is 10. The van der Waals surface area contributed by atoms with Crippen molar-refractivity contribution in [2.45, 2.75) is 45.2 Å². The second-order valence-electron chi connectivity index (χ2n) is 11.1. The number of aromatic carboxylic acids is 1. The Morgan fingerprint density at radius 2 is 1.22 bits per heavy atom. The maximum Gasteiger partial charge on any atom is 1.00 e. The zero-order chi connectivity index (χ0) is 32.7. The number of aromatic nitrogens is 8. The molecule has 17 heteroatoms. The zero-order valence-electron chi connectivity index (χ0n) is 26.8. The third-order valence-electron chi connectivity index (χ3n) is 7.87. The van der Waals surface area contributed by atoms with Gasteiger partial charge in [-0.1, -0.05) is 19.6 Å². The Hall–Kier alpha value is -6.02. The van der Waals surface area contributed by atoms with Crippen LogP contribution in [0.4, 0.5) is 11.4 Å². The first-order valence-electron chi connectivity index (χ1n) is 14.6. The van der Waals surface area contributed by atoms with Crippen molar-refractivity contribution in [2.75, 3.05) is 7.11 Å². The molecule has 4 aromatic heterocycles. The summed E-state index contributed by atoms with van der Waals surface area (Å²) < 4.78 is 8.91. The molecule has 0 spiro atoms. The van der Waals surface area contributed by atoms with Crippen molar-refractivity contribution < 1.29 is 49.2 Å². The molecule has 4 heterocycles. The van der Waals surface area contributed by atoms with Crippen molar-refractivity contribution in [2.24, 2.45) is 0 Å². The van der Waals surface area contributed by atoms with Crippen molar-refractivity contribution in [3.05, 3.63) is 95.1 Å². The van der Waals surface area contributed by atoms with Crippen LogP contribution in [0, 0.1) is 13.1 Å². The van der Waals surface area contributed by atoms with Crippen LogP contribution >= 0.6 is 0 Å². The summed E-state index contributed by atoms with van der Waals surface area (Å²) in [6.07, 6.45) is 7.34. The standard InChI is InChI=1S/C17H13N5O2.C16H11N5O2.CH4.Li.2H2O/c1-18-11-3-6-13-15(8-11)22(12-4-5-12)16(20-13)10-7-14(17(23)24-2)21-19-9-10;1-17-10-2-5-12-14(7-10)21(11-3-4-11)15(19-12)9-6-13(16(22)23)20-18-8-9;;;;/h3,6-9,12H,4-5H2,2H3;2,5-8,11H,3-4H2,(H,22,23);1H4;;2*1H2/q;;;+1;;/p-1. The number of methoxy groups -OCH3 is 1. The van der Waals surface area contributed by atoms with E-state index >= 15 is 0 Å². The van der Waals surface area contributed by atoms with E-state index in [4.69, 9.17) is 23.0 Å². The van der Waals surface area contributed by atoms with Crippen molar-refractivity contribution in [1.82, 2.24) is 39.5 Å². The number of carbonyl (C=O) groups is 2. The topological polar surface area (TPSA) is 221 Å². The molecule has 4 N–H and O–H groups in total. The van der Waals surface area contributed by atoms with E-state index < -0.39 is 11.9 Å². The number of carbonyl (C=O) groups excluding carboxylic acids is 1.